The normalized spacial score (nSPS) is 19.1. The lowest BCUT2D eigenvalue weighted by atomic mass is 9.86. The van der Waals surface area contributed by atoms with Gasteiger partial charge in [-0.25, -0.2) is 0 Å². The topological polar surface area (TPSA) is 9.23 Å². The summed E-state index contributed by atoms with van der Waals surface area (Å²) >= 11 is 0. The lowest BCUT2D eigenvalue weighted by Gasteiger charge is -2.26. The third-order valence-electron chi connectivity index (χ3n) is 5.47. The second-order valence-electron chi connectivity index (χ2n) is 7.17. The molecule has 1 aliphatic rings. The van der Waals surface area contributed by atoms with Crippen LogP contribution in [0.1, 0.15) is 90.7 Å². The van der Waals surface area contributed by atoms with Gasteiger partial charge in [0.2, 0.25) is 0 Å². The molecule has 0 fully saturated rings. The Bertz CT molecular complexity index is 667. The number of benzene rings is 2. The van der Waals surface area contributed by atoms with Crippen LogP contribution in [-0.4, -0.2) is 5.60 Å². The fourth-order valence-electron chi connectivity index (χ4n) is 3.96. The first-order chi connectivity index (χ1) is 11.5. The van der Waals surface area contributed by atoms with Gasteiger partial charge in [0.05, 0.1) is 0 Å². The van der Waals surface area contributed by atoms with Crippen LogP contribution in [-0.2, 0) is 0 Å². The van der Waals surface area contributed by atoms with Gasteiger partial charge >= 0.3 is 0 Å². The summed E-state index contributed by atoms with van der Waals surface area (Å²) in [5.74, 6) is 2.37. The van der Waals surface area contributed by atoms with Crippen molar-refractivity contribution in [3.05, 3.63) is 41.5 Å². The van der Waals surface area contributed by atoms with Gasteiger partial charge in [-0.2, -0.15) is 0 Å². The van der Waals surface area contributed by atoms with E-state index in [1.54, 1.807) is 0 Å². The Morgan fingerprint density at radius 3 is 2.00 bits per heavy atom. The Morgan fingerprint density at radius 1 is 0.875 bits per heavy atom. The minimum atomic E-state index is -0.118. The van der Waals surface area contributed by atoms with Gasteiger partial charge in [-0.05, 0) is 67.5 Å². The highest BCUT2D eigenvalue weighted by atomic mass is 16.5. The summed E-state index contributed by atoms with van der Waals surface area (Å²) in [5, 5.41) is 2.76. The highest BCUT2D eigenvalue weighted by Crippen LogP contribution is 2.51. The summed E-state index contributed by atoms with van der Waals surface area (Å²) in [6, 6.07) is 11.3. The molecule has 0 saturated carbocycles. The maximum absolute atomic E-state index is 6.34. The maximum Gasteiger partial charge on any atom is 0.127 e. The van der Waals surface area contributed by atoms with Crippen molar-refractivity contribution in [2.45, 2.75) is 85.2 Å². The highest BCUT2D eigenvalue weighted by molar-refractivity contribution is 5.96. The highest BCUT2D eigenvalue weighted by Gasteiger charge is 2.33. The van der Waals surface area contributed by atoms with E-state index in [0.717, 1.165) is 12.2 Å². The SMILES string of the molecule is CC.CCC1c2cccc3c(OC(C)(C)CC)ccc(c23)C1CC. The van der Waals surface area contributed by atoms with E-state index < -0.39 is 0 Å². The molecule has 132 valence electrons. The Balaban J connectivity index is 0.00000100. The van der Waals surface area contributed by atoms with Gasteiger partial charge in [-0.3, -0.25) is 0 Å². The first kappa shape index (κ1) is 18.8. The van der Waals surface area contributed by atoms with Crippen molar-refractivity contribution in [1.82, 2.24) is 0 Å². The zero-order chi connectivity index (χ0) is 17.9. The van der Waals surface area contributed by atoms with Gasteiger partial charge in [0.1, 0.15) is 11.4 Å². The van der Waals surface area contributed by atoms with Gasteiger partial charge in [0.25, 0.3) is 0 Å². The molecule has 2 aromatic rings. The molecule has 1 aliphatic carbocycles. The quantitative estimate of drug-likeness (QED) is 0.555. The first-order valence-electron chi connectivity index (χ1n) is 9.77. The molecule has 0 bridgehead atoms. The number of hydrogen-bond donors (Lipinski definition) is 0. The Morgan fingerprint density at radius 2 is 1.46 bits per heavy atom. The predicted molar refractivity (Wildman–Crippen MR) is 106 cm³/mol. The lowest BCUT2D eigenvalue weighted by molar-refractivity contribution is 0.107. The predicted octanol–water partition coefficient (Wildman–Crippen LogP) is 7.43. The number of hydrogen-bond acceptors (Lipinski definition) is 1. The van der Waals surface area contributed by atoms with Crippen LogP contribution >= 0.6 is 0 Å². The average molecular weight is 327 g/mol. The van der Waals surface area contributed by atoms with Crippen LogP contribution in [0.3, 0.4) is 0 Å². The van der Waals surface area contributed by atoms with Gasteiger partial charge in [-0.1, -0.05) is 58.9 Å². The van der Waals surface area contributed by atoms with E-state index >= 15 is 0 Å². The minimum Gasteiger partial charge on any atom is -0.487 e. The monoisotopic (exact) mass is 326 g/mol. The molecule has 0 heterocycles. The smallest absolute Gasteiger partial charge is 0.127 e. The number of ether oxygens (including phenoxy) is 1. The van der Waals surface area contributed by atoms with Crippen LogP contribution in [0.5, 0.6) is 5.75 Å². The summed E-state index contributed by atoms with van der Waals surface area (Å²) < 4.78 is 6.34. The average Bonchev–Trinajstić information content (AvgIpc) is 2.93. The summed E-state index contributed by atoms with van der Waals surface area (Å²) in [6.07, 6.45) is 3.43. The molecule has 0 saturated heterocycles. The van der Waals surface area contributed by atoms with Gasteiger partial charge < -0.3 is 4.74 Å². The van der Waals surface area contributed by atoms with Gasteiger partial charge in [0.15, 0.2) is 0 Å². The zero-order valence-electron chi connectivity index (χ0n) is 16.6. The molecule has 0 amide bonds. The molecule has 1 nitrogen and oxygen atoms in total. The lowest BCUT2D eigenvalue weighted by Crippen LogP contribution is -2.26. The van der Waals surface area contributed by atoms with E-state index in [9.17, 15) is 0 Å². The molecule has 3 rings (SSSR count). The van der Waals surface area contributed by atoms with Crippen molar-refractivity contribution >= 4 is 10.8 Å². The van der Waals surface area contributed by atoms with Crippen molar-refractivity contribution in [3.8, 4) is 5.75 Å². The summed E-state index contributed by atoms with van der Waals surface area (Å²) in [7, 11) is 0. The summed E-state index contributed by atoms with van der Waals surface area (Å²) in [5.41, 5.74) is 2.94. The van der Waals surface area contributed by atoms with Crippen LogP contribution in [0.15, 0.2) is 30.3 Å². The molecular formula is C23H34O. The van der Waals surface area contributed by atoms with Crippen LogP contribution in [0.4, 0.5) is 0 Å². The van der Waals surface area contributed by atoms with Crippen molar-refractivity contribution in [1.29, 1.82) is 0 Å². The fraction of sp³-hybridized carbons (Fsp3) is 0.565. The molecule has 0 spiro atoms. The Hall–Kier alpha value is -1.50. The molecule has 0 N–H and O–H groups in total. The van der Waals surface area contributed by atoms with E-state index in [1.807, 2.05) is 13.8 Å². The van der Waals surface area contributed by atoms with E-state index in [-0.39, 0.29) is 5.60 Å². The molecule has 0 aliphatic heterocycles. The van der Waals surface area contributed by atoms with Crippen molar-refractivity contribution < 1.29 is 4.74 Å². The standard InChI is InChI=1S/C21H28O.C2H6/c1-6-14-15(7-2)17-12-13-19(22-21(4,5)8-3)18-11-9-10-16(14)20(17)18;1-2/h9-15H,6-8H2,1-5H3;1-2H3. The van der Waals surface area contributed by atoms with E-state index in [2.05, 4.69) is 65.0 Å². The summed E-state index contributed by atoms with van der Waals surface area (Å²) in [6.45, 7) is 15.1. The molecule has 0 radical (unpaired) electrons. The van der Waals surface area contributed by atoms with Crippen molar-refractivity contribution in [2.24, 2.45) is 0 Å². The van der Waals surface area contributed by atoms with Crippen LogP contribution in [0, 0.1) is 0 Å². The largest absolute Gasteiger partial charge is 0.487 e. The zero-order valence-corrected chi connectivity index (χ0v) is 16.6. The number of rotatable bonds is 5. The van der Waals surface area contributed by atoms with Crippen molar-refractivity contribution in [3.63, 3.8) is 0 Å². The third-order valence-corrected chi connectivity index (χ3v) is 5.47. The van der Waals surface area contributed by atoms with Gasteiger partial charge in [-0.15, -0.1) is 0 Å². The van der Waals surface area contributed by atoms with E-state index in [4.69, 9.17) is 4.74 Å². The second-order valence-corrected chi connectivity index (χ2v) is 7.17. The molecule has 1 heteroatoms. The molecule has 2 unspecified atom stereocenters. The van der Waals surface area contributed by atoms with Crippen molar-refractivity contribution in [2.75, 3.05) is 0 Å². The van der Waals surface area contributed by atoms with Crippen LogP contribution in [0.2, 0.25) is 0 Å². The fourth-order valence-corrected chi connectivity index (χ4v) is 3.96. The second kappa shape index (κ2) is 7.59. The Labute approximate surface area is 148 Å². The molecule has 2 atom stereocenters. The minimum absolute atomic E-state index is 0.118. The van der Waals surface area contributed by atoms with Gasteiger partial charge in [0, 0.05) is 5.39 Å². The molecule has 0 aromatic heterocycles. The first-order valence-corrected chi connectivity index (χ1v) is 9.77. The third kappa shape index (κ3) is 3.18. The molecule has 24 heavy (non-hydrogen) atoms. The molecular weight excluding hydrogens is 292 g/mol. The Kier molecular flexibility index (Phi) is 5.96. The van der Waals surface area contributed by atoms with E-state index in [1.165, 1.54) is 34.7 Å². The van der Waals surface area contributed by atoms with Crippen LogP contribution in [0.25, 0.3) is 10.8 Å². The maximum atomic E-state index is 6.34. The van der Waals surface area contributed by atoms with Crippen LogP contribution < -0.4 is 4.74 Å². The molecule has 2 aromatic carbocycles. The summed E-state index contributed by atoms with van der Waals surface area (Å²) in [4.78, 5) is 0. The van der Waals surface area contributed by atoms with E-state index in [0.29, 0.717) is 11.8 Å².